The summed E-state index contributed by atoms with van der Waals surface area (Å²) in [6.07, 6.45) is 0. The van der Waals surface area contributed by atoms with Crippen LogP contribution in [-0.4, -0.2) is 45.2 Å². The molecule has 0 aromatic heterocycles. The van der Waals surface area contributed by atoms with Gasteiger partial charge in [0.05, 0.1) is 32.1 Å². The van der Waals surface area contributed by atoms with E-state index >= 15 is 0 Å². The van der Waals surface area contributed by atoms with Gasteiger partial charge in [0.1, 0.15) is 12.4 Å². The van der Waals surface area contributed by atoms with Crippen molar-refractivity contribution in [1.29, 1.82) is 0 Å². The van der Waals surface area contributed by atoms with Crippen molar-refractivity contribution < 1.29 is 23.8 Å². The molecule has 130 valence electrons. The molecule has 6 nitrogen and oxygen atoms in total. The molecule has 1 aromatic rings. The quantitative estimate of drug-likeness (QED) is 0.582. The third kappa shape index (κ3) is 3.85. The Kier molecular flexibility index (Phi) is 6.53. The van der Waals surface area contributed by atoms with Gasteiger partial charge >= 0.3 is 11.9 Å². The molecule has 1 aliphatic heterocycles. The summed E-state index contributed by atoms with van der Waals surface area (Å²) >= 11 is 7.72. The van der Waals surface area contributed by atoms with E-state index in [2.05, 4.69) is 0 Å². The monoisotopic (exact) mass is 371 g/mol. The van der Waals surface area contributed by atoms with Gasteiger partial charge in [-0.15, -0.1) is 11.8 Å². The van der Waals surface area contributed by atoms with Gasteiger partial charge in [-0.3, -0.25) is 0 Å². The maximum absolute atomic E-state index is 12.3. The lowest BCUT2D eigenvalue weighted by Gasteiger charge is -2.32. The summed E-state index contributed by atoms with van der Waals surface area (Å²) in [7, 11) is 2.51. The molecule has 8 heteroatoms. The Morgan fingerprint density at radius 1 is 1.29 bits per heavy atom. The summed E-state index contributed by atoms with van der Waals surface area (Å²) in [5.41, 5.74) is 0.898. The van der Waals surface area contributed by atoms with Crippen LogP contribution in [0.15, 0.2) is 34.4 Å². The molecule has 0 radical (unpaired) electrons. The second kappa shape index (κ2) is 8.41. The average Bonchev–Trinajstić information content (AvgIpc) is 2.61. The van der Waals surface area contributed by atoms with Gasteiger partial charge in [-0.1, -0.05) is 18.5 Å². The fraction of sp³-hybridized carbons (Fsp3) is 0.375. The Morgan fingerprint density at radius 2 is 2.00 bits per heavy atom. The van der Waals surface area contributed by atoms with Gasteiger partial charge in [0, 0.05) is 9.92 Å². The van der Waals surface area contributed by atoms with E-state index in [1.807, 2.05) is 13.0 Å². The highest BCUT2D eigenvalue weighted by Crippen LogP contribution is 2.36. The van der Waals surface area contributed by atoms with Crippen molar-refractivity contribution in [2.45, 2.75) is 11.8 Å². The van der Waals surface area contributed by atoms with E-state index in [1.165, 1.54) is 14.2 Å². The number of benzene rings is 1. The van der Waals surface area contributed by atoms with E-state index in [4.69, 9.17) is 25.8 Å². The lowest BCUT2D eigenvalue weighted by Crippen LogP contribution is -2.39. The van der Waals surface area contributed by atoms with Gasteiger partial charge < -0.3 is 19.1 Å². The van der Waals surface area contributed by atoms with E-state index in [0.29, 0.717) is 10.7 Å². The minimum Gasteiger partial charge on any atom is -0.466 e. The van der Waals surface area contributed by atoms with Crippen molar-refractivity contribution in [2.75, 3.05) is 38.2 Å². The van der Waals surface area contributed by atoms with Crippen LogP contribution in [0, 0.1) is 0 Å². The van der Waals surface area contributed by atoms with Crippen molar-refractivity contribution in [3.8, 4) is 0 Å². The number of rotatable bonds is 5. The van der Waals surface area contributed by atoms with E-state index in [0.717, 1.165) is 10.6 Å². The van der Waals surface area contributed by atoms with Crippen molar-refractivity contribution in [1.82, 2.24) is 0 Å². The zero-order valence-corrected chi connectivity index (χ0v) is 15.2. The molecule has 1 heterocycles. The number of ether oxygens (including phenoxy) is 3. The highest BCUT2D eigenvalue weighted by atomic mass is 35.5. The van der Waals surface area contributed by atoms with E-state index in [9.17, 15) is 9.59 Å². The van der Waals surface area contributed by atoms with Gasteiger partial charge in [0.25, 0.3) is 0 Å². The van der Waals surface area contributed by atoms with Crippen LogP contribution in [0.2, 0.25) is 5.02 Å². The summed E-state index contributed by atoms with van der Waals surface area (Å²) in [6.45, 7) is 2.10. The third-order valence-electron chi connectivity index (χ3n) is 3.34. The molecule has 0 amide bonds. The molecule has 2 rings (SSSR count). The summed E-state index contributed by atoms with van der Waals surface area (Å²) in [5.74, 6) is -0.428. The molecule has 0 saturated carbocycles. The first-order valence-corrected chi connectivity index (χ1v) is 8.57. The summed E-state index contributed by atoms with van der Waals surface area (Å²) in [4.78, 5) is 26.8. The normalized spacial score (nSPS) is 14.6. The highest BCUT2D eigenvalue weighted by molar-refractivity contribution is 7.99. The largest absolute Gasteiger partial charge is 0.466 e. The van der Waals surface area contributed by atoms with Gasteiger partial charge in [-0.25, -0.2) is 9.59 Å². The first kappa shape index (κ1) is 18.6. The fourth-order valence-electron chi connectivity index (χ4n) is 2.31. The standard InChI is InChI=1S/C16H18ClNO5S/c1-4-24-13-6-5-10(17)7-12(13)18-9-23-8-11(15(19)21-2)14(18)16(20)22-3/h5-7H,4,8-9H2,1-3H3. The number of hydrogen-bond donors (Lipinski definition) is 0. The number of methoxy groups -OCH3 is 2. The molecule has 0 saturated heterocycles. The molecular weight excluding hydrogens is 354 g/mol. The molecule has 0 fully saturated rings. The molecule has 0 unspecified atom stereocenters. The molecule has 0 aliphatic carbocycles. The number of hydrogen-bond acceptors (Lipinski definition) is 7. The van der Waals surface area contributed by atoms with Crippen molar-refractivity contribution in [2.24, 2.45) is 0 Å². The molecule has 0 bridgehead atoms. The molecule has 1 aromatic carbocycles. The van der Waals surface area contributed by atoms with Crippen LogP contribution >= 0.6 is 23.4 Å². The Hall–Kier alpha value is -1.70. The molecule has 0 spiro atoms. The second-order valence-corrected chi connectivity index (χ2v) is 6.50. The Balaban J connectivity index is 2.61. The maximum Gasteiger partial charge on any atom is 0.355 e. The van der Waals surface area contributed by atoms with Crippen LogP contribution in [0.1, 0.15) is 6.92 Å². The fourth-order valence-corrected chi connectivity index (χ4v) is 3.27. The van der Waals surface area contributed by atoms with E-state index in [1.54, 1.807) is 28.8 Å². The highest BCUT2D eigenvalue weighted by Gasteiger charge is 2.33. The topological polar surface area (TPSA) is 65.1 Å². The zero-order valence-electron chi connectivity index (χ0n) is 13.6. The van der Waals surface area contributed by atoms with Crippen LogP contribution in [0.4, 0.5) is 5.69 Å². The second-order valence-electron chi connectivity index (χ2n) is 4.76. The Bertz CT molecular complexity index is 676. The van der Waals surface area contributed by atoms with Gasteiger partial charge in [0.2, 0.25) is 0 Å². The lowest BCUT2D eigenvalue weighted by molar-refractivity contribution is -0.140. The maximum atomic E-state index is 12.3. The number of thioether (sulfide) groups is 1. The molecule has 0 atom stereocenters. The minimum absolute atomic E-state index is 0.0234. The first-order valence-electron chi connectivity index (χ1n) is 7.20. The van der Waals surface area contributed by atoms with Crippen molar-refractivity contribution >= 4 is 41.0 Å². The SMILES string of the molecule is CCSc1ccc(Cl)cc1N1COCC(C(=O)OC)=C1C(=O)OC. The van der Waals surface area contributed by atoms with Gasteiger partial charge in [0.15, 0.2) is 0 Å². The van der Waals surface area contributed by atoms with Crippen LogP contribution < -0.4 is 4.90 Å². The lowest BCUT2D eigenvalue weighted by atomic mass is 10.1. The van der Waals surface area contributed by atoms with Crippen LogP contribution in [-0.2, 0) is 23.8 Å². The predicted molar refractivity (Wildman–Crippen MR) is 92.2 cm³/mol. The summed E-state index contributed by atoms with van der Waals surface area (Å²) in [5, 5.41) is 0.514. The minimum atomic E-state index is -0.633. The molecule has 1 aliphatic rings. The Labute approximate surface area is 149 Å². The smallest absolute Gasteiger partial charge is 0.355 e. The third-order valence-corrected chi connectivity index (χ3v) is 4.52. The average molecular weight is 372 g/mol. The molecule has 24 heavy (non-hydrogen) atoms. The van der Waals surface area contributed by atoms with Crippen LogP contribution in [0.5, 0.6) is 0 Å². The zero-order chi connectivity index (χ0) is 17.7. The van der Waals surface area contributed by atoms with Crippen molar-refractivity contribution in [3.05, 3.63) is 34.5 Å². The van der Waals surface area contributed by atoms with Crippen molar-refractivity contribution in [3.63, 3.8) is 0 Å². The van der Waals surface area contributed by atoms with E-state index in [-0.39, 0.29) is 24.6 Å². The summed E-state index contributed by atoms with van der Waals surface area (Å²) < 4.78 is 15.1. The first-order chi connectivity index (χ1) is 11.5. The number of nitrogens with zero attached hydrogens (tertiary/aromatic N) is 1. The Morgan fingerprint density at radius 3 is 2.62 bits per heavy atom. The number of carbonyl (C=O) groups is 2. The predicted octanol–water partition coefficient (Wildman–Crippen LogP) is 2.85. The number of anilines is 1. The van der Waals surface area contributed by atoms with Crippen LogP contribution in [0.3, 0.4) is 0 Å². The molecular formula is C16H18ClNO5S. The number of carbonyl (C=O) groups excluding carboxylic acids is 2. The summed E-state index contributed by atoms with van der Waals surface area (Å²) in [6, 6.07) is 5.37. The molecule has 0 N–H and O–H groups in total. The van der Waals surface area contributed by atoms with Crippen LogP contribution in [0.25, 0.3) is 0 Å². The van der Waals surface area contributed by atoms with Gasteiger partial charge in [-0.2, -0.15) is 0 Å². The number of esters is 2. The van der Waals surface area contributed by atoms with Gasteiger partial charge in [-0.05, 0) is 24.0 Å². The number of halogens is 1. The van der Waals surface area contributed by atoms with E-state index < -0.39 is 11.9 Å².